The molecule has 2 aromatic carbocycles. The Labute approximate surface area is 195 Å². The first kappa shape index (κ1) is 25.6. The van der Waals surface area contributed by atoms with Crippen molar-refractivity contribution in [3.8, 4) is 0 Å². The van der Waals surface area contributed by atoms with Gasteiger partial charge in [-0.25, -0.2) is 4.39 Å². The second-order valence-electron chi connectivity index (χ2n) is 6.53. The van der Waals surface area contributed by atoms with Gasteiger partial charge in [0.1, 0.15) is 19.5 Å². The maximum Gasteiger partial charge on any atom is 0.419 e. The Kier molecular flexibility index (Phi) is 8.58. The highest BCUT2D eigenvalue weighted by atomic mass is 127. The molecule has 0 radical (unpaired) electrons. The lowest BCUT2D eigenvalue weighted by molar-refractivity contribution is -0.140. The van der Waals surface area contributed by atoms with Gasteiger partial charge in [-0.05, 0) is 54.1 Å². The maximum atomic E-state index is 14.5. The number of aryl methyl sites for hydroxylation is 1. The van der Waals surface area contributed by atoms with Crippen LogP contribution in [0.25, 0.3) is 0 Å². The summed E-state index contributed by atoms with van der Waals surface area (Å²) in [7, 11) is 2.74. The highest BCUT2D eigenvalue weighted by molar-refractivity contribution is 14.1. The van der Waals surface area contributed by atoms with Crippen molar-refractivity contribution in [3.05, 3.63) is 67.5 Å². The number of hydrogen-bond acceptors (Lipinski definition) is 5. The molecule has 0 aliphatic carbocycles. The monoisotopic (exact) mass is 565 g/mol. The van der Waals surface area contributed by atoms with Crippen LogP contribution >= 0.6 is 22.6 Å². The third kappa shape index (κ3) is 5.75. The van der Waals surface area contributed by atoms with Crippen molar-refractivity contribution in [2.75, 3.05) is 14.2 Å². The zero-order valence-electron chi connectivity index (χ0n) is 17.6. The van der Waals surface area contributed by atoms with Crippen LogP contribution in [0.3, 0.4) is 0 Å². The average Bonchev–Trinajstić information content (AvgIpc) is 2.71. The van der Waals surface area contributed by atoms with Crippen molar-refractivity contribution in [2.24, 2.45) is 10.3 Å². The van der Waals surface area contributed by atoms with Gasteiger partial charge in [-0.2, -0.15) is 13.2 Å². The number of oxime groups is 2. The van der Waals surface area contributed by atoms with E-state index in [4.69, 9.17) is 9.68 Å². The average molecular weight is 565 g/mol. The zero-order valence-corrected chi connectivity index (χ0v) is 19.8. The van der Waals surface area contributed by atoms with Crippen molar-refractivity contribution >= 4 is 39.9 Å². The number of nitrogens with one attached hydrogen (secondary N) is 1. The molecule has 0 spiro atoms. The van der Waals surface area contributed by atoms with E-state index in [1.54, 1.807) is 47.7 Å². The number of benzene rings is 2. The fraction of sp³-hybridized carbons (Fsp3) is 0.286. The fourth-order valence-corrected chi connectivity index (χ4v) is 3.69. The van der Waals surface area contributed by atoms with Gasteiger partial charge in [0.2, 0.25) is 0 Å². The number of carbonyl (C=O) groups is 1. The van der Waals surface area contributed by atoms with Gasteiger partial charge in [0.05, 0.1) is 11.3 Å². The molecule has 0 unspecified atom stereocenters. The van der Waals surface area contributed by atoms with E-state index in [1.165, 1.54) is 21.1 Å². The van der Waals surface area contributed by atoms with Crippen molar-refractivity contribution in [1.82, 2.24) is 5.32 Å². The minimum atomic E-state index is -4.84. The quantitative estimate of drug-likeness (QED) is 0.227. The molecule has 0 aromatic heterocycles. The first-order valence-corrected chi connectivity index (χ1v) is 10.2. The third-order valence-corrected chi connectivity index (χ3v) is 5.36. The molecule has 11 heteroatoms. The second kappa shape index (κ2) is 10.7. The highest BCUT2D eigenvalue weighted by Crippen LogP contribution is 2.34. The van der Waals surface area contributed by atoms with E-state index in [0.29, 0.717) is 17.2 Å². The summed E-state index contributed by atoms with van der Waals surface area (Å²) < 4.78 is 53.9. The van der Waals surface area contributed by atoms with E-state index < -0.39 is 23.5 Å². The Morgan fingerprint density at radius 2 is 1.88 bits per heavy atom. The predicted octanol–water partition coefficient (Wildman–Crippen LogP) is 4.79. The molecule has 0 aliphatic rings. The van der Waals surface area contributed by atoms with E-state index >= 15 is 0 Å². The molecular formula is C21H20F4IN3O3. The first-order valence-electron chi connectivity index (χ1n) is 9.17. The van der Waals surface area contributed by atoms with E-state index in [-0.39, 0.29) is 27.2 Å². The molecule has 2 aromatic rings. The topological polar surface area (TPSA) is 72.3 Å². The smallest absolute Gasteiger partial charge is 0.398 e. The van der Waals surface area contributed by atoms with Gasteiger partial charge in [0.25, 0.3) is 5.91 Å². The summed E-state index contributed by atoms with van der Waals surface area (Å²) in [6.07, 6.45) is -4.84. The summed E-state index contributed by atoms with van der Waals surface area (Å²) in [5.74, 6) is -1.90. The Balaban J connectivity index is 2.39. The van der Waals surface area contributed by atoms with Gasteiger partial charge in [-0.3, -0.25) is 4.79 Å². The van der Waals surface area contributed by atoms with Crippen LogP contribution in [0.2, 0.25) is 0 Å². The largest absolute Gasteiger partial charge is 0.419 e. The molecule has 0 heterocycles. The summed E-state index contributed by atoms with van der Waals surface area (Å²) in [4.78, 5) is 22.3. The van der Waals surface area contributed by atoms with Crippen molar-refractivity contribution in [2.45, 2.75) is 26.6 Å². The number of amides is 1. The Morgan fingerprint density at radius 1 is 1.19 bits per heavy atom. The highest BCUT2D eigenvalue weighted by Gasteiger charge is 2.36. The van der Waals surface area contributed by atoms with E-state index in [0.717, 1.165) is 11.6 Å². The van der Waals surface area contributed by atoms with Crippen LogP contribution in [0.1, 0.15) is 34.7 Å². The van der Waals surface area contributed by atoms with Crippen LogP contribution in [0.5, 0.6) is 0 Å². The SMILES string of the molecule is CNC(=O)/C(=N/OC)c1cccc(C)c1CO/N=C(\C)c1c(I)ccc(C(F)(F)F)c1F. The van der Waals surface area contributed by atoms with Crippen LogP contribution < -0.4 is 5.32 Å². The Morgan fingerprint density at radius 3 is 2.47 bits per heavy atom. The summed E-state index contributed by atoms with van der Waals surface area (Å²) in [5, 5.41) is 10.1. The number of nitrogens with zero attached hydrogens (tertiary/aromatic N) is 2. The van der Waals surface area contributed by atoms with Gasteiger partial charge in [0.15, 0.2) is 5.71 Å². The molecule has 0 aliphatic heterocycles. The van der Waals surface area contributed by atoms with Gasteiger partial charge in [-0.15, -0.1) is 0 Å². The minimum absolute atomic E-state index is 0.0106. The van der Waals surface area contributed by atoms with Gasteiger partial charge >= 0.3 is 6.18 Å². The first-order chi connectivity index (χ1) is 15.0. The molecule has 32 heavy (non-hydrogen) atoms. The molecular weight excluding hydrogens is 545 g/mol. The molecule has 1 amide bonds. The van der Waals surface area contributed by atoms with Gasteiger partial charge < -0.3 is 15.0 Å². The second-order valence-corrected chi connectivity index (χ2v) is 7.70. The number of carbonyl (C=O) groups excluding carboxylic acids is 1. The molecule has 1 N–H and O–H groups in total. The molecule has 172 valence electrons. The van der Waals surface area contributed by atoms with E-state index in [2.05, 4.69) is 15.6 Å². The number of alkyl halides is 3. The molecule has 0 fully saturated rings. The van der Waals surface area contributed by atoms with Crippen molar-refractivity contribution in [3.63, 3.8) is 0 Å². The van der Waals surface area contributed by atoms with E-state index in [9.17, 15) is 22.4 Å². The van der Waals surface area contributed by atoms with Crippen molar-refractivity contribution in [1.29, 1.82) is 0 Å². The zero-order chi connectivity index (χ0) is 24.1. The minimum Gasteiger partial charge on any atom is -0.398 e. The Bertz CT molecular complexity index is 1070. The Hall–Kier alpha value is -2.70. The van der Waals surface area contributed by atoms with Gasteiger partial charge in [0, 0.05) is 27.3 Å². The van der Waals surface area contributed by atoms with Crippen LogP contribution in [-0.4, -0.2) is 31.5 Å². The lowest BCUT2D eigenvalue weighted by atomic mass is 9.98. The fourth-order valence-electron chi connectivity index (χ4n) is 2.88. The van der Waals surface area contributed by atoms with Gasteiger partial charge in [-0.1, -0.05) is 28.5 Å². The summed E-state index contributed by atoms with van der Waals surface area (Å²) >= 11 is 1.73. The number of likely N-dealkylation sites (N-methyl/N-ethyl adjacent to an activating group) is 1. The van der Waals surface area contributed by atoms with Crippen LogP contribution in [-0.2, 0) is 27.3 Å². The summed E-state index contributed by atoms with van der Waals surface area (Å²) in [5.41, 5.74) is 0.0122. The maximum absolute atomic E-state index is 14.5. The van der Waals surface area contributed by atoms with Crippen LogP contribution in [0.4, 0.5) is 17.6 Å². The summed E-state index contributed by atoms with van der Waals surface area (Å²) in [6.45, 7) is 2.99. The van der Waals surface area contributed by atoms with E-state index in [1.807, 2.05) is 0 Å². The predicted molar refractivity (Wildman–Crippen MR) is 120 cm³/mol. The van der Waals surface area contributed by atoms with Crippen molar-refractivity contribution < 1.29 is 32.0 Å². The number of halogens is 5. The normalized spacial score (nSPS) is 12.5. The van der Waals surface area contributed by atoms with Crippen LogP contribution in [0.15, 0.2) is 40.6 Å². The number of hydrogen-bond donors (Lipinski definition) is 1. The number of rotatable bonds is 7. The van der Waals surface area contributed by atoms with Crippen LogP contribution in [0, 0.1) is 16.3 Å². The molecule has 0 bridgehead atoms. The molecule has 0 saturated carbocycles. The standard InChI is InChI=1S/C21H20F4IN3O3/c1-11-6-5-7-13(19(29-31-4)20(30)27-3)14(11)10-32-28-12(2)17-16(26)9-8-15(18(17)22)21(23,24)25/h5-9H,10H2,1-4H3,(H,27,30)/b28-12+,29-19+. The molecule has 6 nitrogen and oxygen atoms in total. The lowest BCUT2D eigenvalue weighted by Gasteiger charge is -2.14. The molecule has 2 rings (SSSR count). The third-order valence-electron chi connectivity index (χ3n) is 4.46. The lowest BCUT2D eigenvalue weighted by Crippen LogP contribution is -2.29. The molecule has 0 atom stereocenters. The summed E-state index contributed by atoms with van der Waals surface area (Å²) in [6, 6.07) is 6.99. The molecule has 0 saturated heterocycles.